The van der Waals surface area contributed by atoms with Crippen LogP contribution in [0.5, 0.6) is 0 Å². The molecule has 0 radical (unpaired) electrons. The van der Waals surface area contributed by atoms with Gasteiger partial charge in [-0.25, -0.2) is 19.9 Å². The molecule has 4 aromatic heterocycles. The summed E-state index contributed by atoms with van der Waals surface area (Å²) in [5, 5.41) is 11.3. The van der Waals surface area contributed by atoms with Crippen LogP contribution < -0.4 is 0 Å². The quantitative estimate of drug-likeness (QED) is 0.179. The summed E-state index contributed by atoms with van der Waals surface area (Å²) in [6.45, 7) is 0. The Bertz CT molecular complexity index is 3660. The van der Waals surface area contributed by atoms with Crippen LogP contribution in [0.2, 0.25) is 0 Å². The van der Waals surface area contributed by atoms with Gasteiger partial charge in [0.2, 0.25) is 11.9 Å². The minimum absolute atomic E-state index is 0.629. The maximum absolute atomic E-state index is 5.43. The lowest BCUT2D eigenvalue weighted by atomic mass is 10.0. The number of benzene rings is 9. The number of rotatable bonds is 4. The van der Waals surface area contributed by atoms with Gasteiger partial charge in [-0.3, -0.25) is 9.13 Å². The number of para-hydroxylation sites is 4. The van der Waals surface area contributed by atoms with Crippen molar-refractivity contribution in [1.29, 1.82) is 0 Å². The molecule has 6 nitrogen and oxygen atoms in total. The molecule has 0 aliphatic rings. The van der Waals surface area contributed by atoms with E-state index in [9.17, 15) is 0 Å². The summed E-state index contributed by atoms with van der Waals surface area (Å²) in [7, 11) is 0. The zero-order valence-electron chi connectivity index (χ0n) is 32.2. The van der Waals surface area contributed by atoms with Crippen LogP contribution in [0, 0.1) is 0 Å². The lowest BCUT2D eigenvalue weighted by Gasteiger charge is -2.13. The van der Waals surface area contributed by atoms with Crippen LogP contribution in [0.25, 0.3) is 121 Å². The Labute approximate surface area is 343 Å². The molecule has 13 aromatic rings. The Hall–Kier alpha value is -8.22. The summed E-state index contributed by atoms with van der Waals surface area (Å²) in [6.07, 6.45) is 0. The average Bonchev–Trinajstić information content (AvgIpc) is 3.83. The first-order chi connectivity index (χ1) is 29.7. The molecule has 60 heavy (non-hydrogen) atoms. The highest BCUT2D eigenvalue weighted by Crippen LogP contribution is 2.43. The fraction of sp³-hybridized carbons (Fsp3) is 0. The van der Waals surface area contributed by atoms with Crippen molar-refractivity contribution >= 4 is 87.0 Å². The predicted octanol–water partition coefficient (Wildman–Crippen LogP) is 13.4. The van der Waals surface area contributed by atoms with Gasteiger partial charge >= 0.3 is 0 Å². The van der Waals surface area contributed by atoms with E-state index in [1.165, 1.54) is 21.5 Å². The number of hydrogen-bond donors (Lipinski definition) is 0. The molecule has 13 rings (SSSR count). The van der Waals surface area contributed by atoms with Crippen LogP contribution in [-0.2, 0) is 0 Å². The summed E-state index contributed by atoms with van der Waals surface area (Å²) in [4.78, 5) is 21.4. The third-order valence-corrected chi connectivity index (χ3v) is 12.1. The molecule has 0 amide bonds. The van der Waals surface area contributed by atoms with Crippen molar-refractivity contribution in [1.82, 2.24) is 29.1 Å². The summed E-state index contributed by atoms with van der Waals surface area (Å²) in [5.74, 6) is 1.26. The summed E-state index contributed by atoms with van der Waals surface area (Å²) in [5.41, 5.74) is 9.84. The van der Waals surface area contributed by atoms with Crippen molar-refractivity contribution < 1.29 is 0 Å². The van der Waals surface area contributed by atoms with Crippen LogP contribution in [0.3, 0.4) is 0 Å². The molecule has 0 atom stereocenters. The van der Waals surface area contributed by atoms with Gasteiger partial charge in [-0.2, -0.15) is 0 Å². The molecule has 0 aliphatic carbocycles. The van der Waals surface area contributed by atoms with E-state index in [1.807, 2.05) is 12.1 Å². The molecule has 4 heterocycles. The van der Waals surface area contributed by atoms with E-state index in [1.54, 1.807) is 0 Å². The van der Waals surface area contributed by atoms with Gasteiger partial charge in [0.1, 0.15) is 0 Å². The Morgan fingerprint density at radius 2 is 0.667 bits per heavy atom. The van der Waals surface area contributed by atoms with Gasteiger partial charge in [0.05, 0.1) is 44.5 Å². The van der Waals surface area contributed by atoms with Gasteiger partial charge in [-0.15, -0.1) is 0 Å². The van der Waals surface area contributed by atoms with Crippen molar-refractivity contribution in [3.05, 3.63) is 194 Å². The second-order valence-corrected chi connectivity index (χ2v) is 15.5. The first-order valence-electron chi connectivity index (χ1n) is 20.2. The van der Waals surface area contributed by atoms with Crippen LogP contribution in [-0.4, -0.2) is 29.1 Å². The largest absolute Gasteiger partial charge is 0.278 e. The maximum atomic E-state index is 5.43. The van der Waals surface area contributed by atoms with E-state index < -0.39 is 0 Å². The van der Waals surface area contributed by atoms with Crippen LogP contribution in [0.1, 0.15) is 0 Å². The van der Waals surface area contributed by atoms with E-state index in [0.717, 1.165) is 87.9 Å². The number of hydrogen-bond acceptors (Lipinski definition) is 4. The average molecular weight is 765 g/mol. The van der Waals surface area contributed by atoms with Gasteiger partial charge in [0.15, 0.2) is 0 Å². The van der Waals surface area contributed by atoms with E-state index >= 15 is 0 Å². The smallest absolute Gasteiger partial charge is 0.235 e. The third-order valence-electron chi connectivity index (χ3n) is 12.1. The fourth-order valence-electron chi connectivity index (χ4n) is 9.39. The molecule has 0 unspecified atom stereocenters. The number of nitrogens with zero attached hydrogens (tertiary/aromatic N) is 6. The van der Waals surface area contributed by atoms with Gasteiger partial charge < -0.3 is 0 Å². The second kappa shape index (κ2) is 12.6. The highest BCUT2D eigenvalue weighted by molar-refractivity contribution is 6.28. The summed E-state index contributed by atoms with van der Waals surface area (Å²) >= 11 is 0. The van der Waals surface area contributed by atoms with Gasteiger partial charge in [-0.1, -0.05) is 146 Å². The Morgan fingerprint density at radius 3 is 1.13 bits per heavy atom. The summed E-state index contributed by atoms with van der Waals surface area (Å²) in [6, 6.07) is 68.4. The molecule has 0 N–H and O–H groups in total. The van der Waals surface area contributed by atoms with Crippen molar-refractivity contribution in [2.45, 2.75) is 0 Å². The Balaban J connectivity index is 1.09. The molecular weight excluding hydrogens is 733 g/mol. The van der Waals surface area contributed by atoms with Crippen molar-refractivity contribution in [2.75, 3.05) is 0 Å². The number of aromatic nitrogens is 6. The summed E-state index contributed by atoms with van der Waals surface area (Å²) < 4.78 is 4.47. The standard InChI is InChI=1S/C54H32N6/c1-3-15-35-31-37(27-25-33(35)13-1)51-39-17-5-9-21-43(39)55-53(57-51)59-45-23-11-7-19-41(45)49-47(59)29-30-48-50(49)42-20-8-12-24-46(42)60(48)54-56-44-22-10-6-18-40(44)52(58-54)38-28-26-34-14-2-4-16-36(34)32-38/h1-32H. The maximum Gasteiger partial charge on any atom is 0.235 e. The highest BCUT2D eigenvalue weighted by Gasteiger charge is 2.24. The predicted molar refractivity (Wildman–Crippen MR) is 247 cm³/mol. The van der Waals surface area contributed by atoms with E-state index in [-0.39, 0.29) is 0 Å². The van der Waals surface area contributed by atoms with Crippen molar-refractivity contribution in [3.8, 4) is 34.4 Å². The van der Waals surface area contributed by atoms with Crippen LogP contribution in [0.4, 0.5) is 0 Å². The lowest BCUT2D eigenvalue weighted by molar-refractivity contribution is 1.01. The lowest BCUT2D eigenvalue weighted by Crippen LogP contribution is -2.04. The zero-order valence-corrected chi connectivity index (χ0v) is 32.2. The third kappa shape index (κ3) is 4.82. The molecule has 278 valence electrons. The fourth-order valence-corrected chi connectivity index (χ4v) is 9.39. The molecule has 9 aromatic carbocycles. The minimum atomic E-state index is 0.629. The van der Waals surface area contributed by atoms with Gasteiger partial charge in [0, 0.05) is 43.4 Å². The molecule has 0 saturated heterocycles. The van der Waals surface area contributed by atoms with Crippen molar-refractivity contribution in [3.63, 3.8) is 0 Å². The monoisotopic (exact) mass is 764 g/mol. The first kappa shape index (κ1) is 32.8. The minimum Gasteiger partial charge on any atom is -0.278 e. The Morgan fingerprint density at radius 1 is 0.283 bits per heavy atom. The normalized spacial score (nSPS) is 12.0. The van der Waals surface area contributed by atoms with E-state index in [4.69, 9.17) is 19.9 Å². The van der Waals surface area contributed by atoms with Crippen LogP contribution >= 0.6 is 0 Å². The molecule has 0 spiro atoms. The van der Waals surface area contributed by atoms with E-state index in [2.05, 4.69) is 191 Å². The molecule has 0 saturated carbocycles. The van der Waals surface area contributed by atoms with Gasteiger partial charge in [-0.05, 0) is 70.1 Å². The molecule has 0 fully saturated rings. The second-order valence-electron chi connectivity index (χ2n) is 15.5. The SMILES string of the molecule is c1ccc2cc(-c3nc(-n4c5ccccc5c5c6c7ccccc7n(-c7nc(-c8ccc9ccccc9c8)c8ccccc8n7)c6ccc54)nc4ccccc34)ccc2c1. The molecule has 0 aliphatic heterocycles. The molecule has 6 heteroatoms. The topological polar surface area (TPSA) is 61.4 Å². The molecular formula is C54H32N6. The van der Waals surface area contributed by atoms with Gasteiger partial charge in [0.25, 0.3) is 0 Å². The zero-order chi connectivity index (χ0) is 39.3. The first-order valence-corrected chi connectivity index (χ1v) is 20.2. The van der Waals surface area contributed by atoms with E-state index in [0.29, 0.717) is 11.9 Å². The molecule has 0 bridgehead atoms. The van der Waals surface area contributed by atoms with Crippen molar-refractivity contribution in [2.24, 2.45) is 0 Å². The highest BCUT2D eigenvalue weighted by atomic mass is 15.2. The van der Waals surface area contributed by atoms with Crippen LogP contribution in [0.15, 0.2) is 194 Å². The Kier molecular flexibility index (Phi) is 6.91. The number of fused-ring (bicyclic) bond motifs is 11.